The molecule has 0 unspecified atom stereocenters. The van der Waals surface area contributed by atoms with E-state index in [4.69, 9.17) is 10.5 Å². The van der Waals surface area contributed by atoms with Crippen molar-refractivity contribution < 1.29 is 27.1 Å². The first-order chi connectivity index (χ1) is 16.6. The molecular weight excluding hydrogens is 468 g/mol. The van der Waals surface area contributed by atoms with Crippen LogP contribution in [0.4, 0.5) is 23.4 Å². The number of amides is 1. The number of hydrogen-bond donors (Lipinski definition) is 1. The molecule has 3 aromatic heterocycles. The van der Waals surface area contributed by atoms with E-state index in [-0.39, 0.29) is 35.1 Å². The number of likely N-dealkylation sites (tertiary alicyclic amines) is 1. The first-order valence-corrected chi connectivity index (χ1v) is 10.9. The second kappa shape index (κ2) is 7.27. The van der Waals surface area contributed by atoms with Gasteiger partial charge in [-0.15, -0.1) is 0 Å². The Kier molecular flexibility index (Phi) is 4.48. The van der Waals surface area contributed by atoms with Gasteiger partial charge in [0.2, 0.25) is 0 Å². The van der Waals surface area contributed by atoms with E-state index < -0.39 is 35.7 Å². The summed E-state index contributed by atoms with van der Waals surface area (Å²) >= 11 is 0. The minimum Gasteiger partial charge on any atom is -0.487 e. The van der Waals surface area contributed by atoms with E-state index >= 15 is 4.39 Å². The fourth-order valence-corrected chi connectivity index (χ4v) is 5.05. The number of carbonyl (C=O) groups excluding carboxylic acids is 1. The average Bonchev–Trinajstić information content (AvgIpc) is 3.42. The molecule has 1 fully saturated rings. The van der Waals surface area contributed by atoms with Crippen LogP contribution in [0.3, 0.4) is 0 Å². The van der Waals surface area contributed by atoms with Crippen LogP contribution < -0.4 is 10.5 Å². The van der Waals surface area contributed by atoms with Crippen LogP contribution in [0.1, 0.15) is 41.0 Å². The van der Waals surface area contributed by atoms with Gasteiger partial charge in [-0.1, -0.05) is 6.92 Å². The minimum absolute atomic E-state index is 0.0186. The first-order valence-electron chi connectivity index (χ1n) is 10.9. The normalized spacial score (nSPS) is 21.7. The molecule has 180 valence electrons. The maximum absolute atomic E-state index is 15.2. The summed E-state index contributed by atoms with van der Waals surface area (Å²) in [4.78, 5) is 27.0. The predicted octanol–water partition coefficient (Wildman–Crippen LogP) is 4.00. The van der Waals surface area contributed by atoms with Gasteiger partial charge in [0.25, 0.3) is 5.91 Å². The average molecular weight is 486 g/mol. The molecule has 2 aliphatic rings. The van der Waals surface area contributed by atoms with Crippen molar-refractivity contribution in [2.75, 3.05) is 12.3 Å². The highest BCUT2D eigenvalue weighted by molar-refractivity contribution is 5.99. The lowest BCUT2D eigenvalue weighted by atomic mass is 9.88. The van der Waals surface area contributed by atoms with Crippen molar-refractivity contribution in [3.8, 4) is 5.75 Å². The molecule has 3 atom stereocenters. The summed E-state index contributed by atoms with van der Waals surface area (Å²) < 4.78 is 62.1. The third-order valence-corrected chi connectivity index (χ3v) is 6.57. The quantitative estimate of drug-likeness (QED) is 0.409. The predicted molar refractivity (Wildman–Crippen MR) is 116 cm³/mol. The van der Waals surface area contributed by atoms with Crippen molar-refractivity contribution >= 4 is 28.3 Å². The van der Waals surface area contributed by atoms with Crippen LogP contribution >= 0.6 is 0 Å². The minimum atomic E-state index is -4.63. The number of benzene rings is 1. The molecular formula is C23H18F4N6O2. The van der Waals surface area contributed by atoms with Gasteiger partial charge in [0.05, 0.1) is 35.2 Å². The molecule has 6 rings (SSSR count). The van der Waals surface area contributed by atoms with Gasteiger partial charge in [-0.05, 0) is 18.4 Å². The number of piperidine rings is 1. The fourth-order valence-electron chi connectivity index (χ4n) is 5.05. The Morgan fingerprint density at radius 2 is 2.00 bits per heavy atom. The lowest BCUT2D eigenvalue weighted by molar-refractivity contribution is -0.141. The van der Waals surface area contributed by atoms with E-state index in [1.807, 2.05) is 6.92 Å². The summed E-state index contributed by atoms with van der Waals surface area (Å²) in [6, 6.07) is 2.70. The number of nitrogen functional groups attached to an aromatic ring is 1. The molecule has 0 saturated carbocycles. The van der Waals surface area contributed by atoms with Crippen molar-refractivity contribution in [2.24, 2.45) is 5.92 Å². The Balaban J connectivity index is 1.44. The molecule has 0 radical (unpaired) electrons. The molecule has 0 bridgehead atoms. The second-order valence-corrected chi connectivity index (χ2v) is 8.97. The molecule has 2 aliphatic heterocycles. The van der Waals surface area contributed by atoms with Crippen LogP contribution in [-0.2, 0) is 6.18 Å². The van der Waals surface area contributed by atoms with E-state index in [1.54, 1.807) is 4.40 Å². The van der Waals surface area contributed by atoms with Crippen LogP contribution in [0.2, 0.25) is 0 Å². The topological polar surface area (TPSA) is 98.6 Å². The van der Waals surface area contributed by atoms with Crippen LogP contribution in [0.5, 0.6) is 5.75 Å². The Hall–Kier alpha value is -3.96. The number of nitrogens with zero attached hydrogens (tertiary/aromatic N) is 5. The summed E-state index contributed by atoms with van der Waals surface area (Å²) in [5.41, 5.74) is 6.24. The van der Waals surface area contributed by atoms with Crippen molar-refractivity contribution in [3.05, 3.63) is 59.6 Å². The third-order valence-electron chi connectivity index (χ3n) is 6.57. The first kappa shape index (κ1) is 21.6. The Bertz CT molecular complexity index is 1520. The van der Waals surface area contributed by atoms with E-state index in [0.717, 1.165) is 18.3 Å². The Labute approximate surface area is 195 Å². The third kappa shape index (κ3) is 3.27. The van der Waals surface area contributed by atoms with Crippen molar-refractivity contribution in [3.63, 3.8) is 0 Å². The molecule has 1 amide bonds. The molecule has 35 heavy (non-hydrogen) atoms. The molecule has 0 spiro atoms. The van der Waals surface area contributed by atoms with Crippen molar-refractivity contribution in [1.82, 2.24) is 24.3 Å². The number of halogens is 4. The summed E-state index contributed by atoms with van der Waals surface area (Å²) in [5.74, 6) is -1.20. The van der Waals surface area contributed by atoms with Gasteiger partial charge >= 0.3 is 6.18 Å². The number of alkyl halides is 3. The van der Waals surface area contributed by atoms with E-state index in [0.29, 0.717) is 23.0 Å². The number of rotatable bonds is 1. The number of pyridine rings is 1. The fraction of sp³-hybridized carbons (Fsp3) is 0.304. The molecule has 4 aromatic rings. The monoisotopic (exact) mass is 486 g/mol. The molecule has 5 heterocycles. The molecule has 12 heteroatoms. The van der Waals surface area contributed by atoms with Gasteiger partial charge in [0, 0.05) is 30.4 Å². The van der Waals surface area contributed by atoms with Gasteiger partial charge in [0.15, 0.2) is 0 Å². The van der Waals surface area contributed by atoms with Gasteiger partial charge < -0.3 is 15.4 Å². The summed E-state index contributed by atoms with van der Waals surface area (Å²) in [6.45, 7) is 2.18. The molecule has 0 aliphatic carbocycles. The molecule has 2 N–H and O–H groups in total. The maximum Gasteiger partial charge on any atom is 0.433 e. The molecule has 8 nitrogen and oxygen atoms in total. The van der Waals surface area contributed by atoms with Gasteiger partial charge in [-0.3, -0.25) is 14.2 Å². The van der Waals surface area contributed by atoms with Gasteiger partial charge in [0.1, 0.15) is 34.7 Å². The number of imidazole rings is 1. The number of hydrogen-bond acceptors (Lipinski definition) is 6. The lowest BCUT2D eigenvalue weighted by Crippen LogP contribution is -2.47. The van der Waals surface area contributed by atoms with Crippen molar-refractivity contribution in [1.29, 1.82) is 0 Å². The largest absolute Gasteiger partial charge is 0.487 e. The Morgan fingerprint density at radius 3 is 2.77 bits per heavy atom. The summed E-state index contributed by atoms with van der Waals surface area (Å²) in [7, 11) is 0. The molecule has 1 aromatic carbocycles. The zero-order valence-electron chi connectivity index (χ0n) is 18.3. The van der Waals surface area contributed by atoms with Crippen LogP contribution in [0.25, 0.3) is 16.6 Å². The van der Waals surface area contributed by atoms with Crippen molar-refractivity contribution in [2.45, 2.75) is 31.7 Å². The van der Waals surface area contributed by atoms with E-state index in [2.05, 4.69) is 15.0 Å². The number of fused-ring (bicyclic) bond motifs is 6. The standard InChI is InChI=1S/C23H18F4N6O2/c1-10-2-18-20(12-6-30-19(23(25,26)27)5-17(12)35-18)32(8-10)22(34)11-3-15-14(4-13(11)24)31-21(28)16-7-29-9-33(15)16/h3-7,9-10,18,20H,2,8H2,1H3,(H2,28,31)/t10-,18+,20+/m1/s1. The molecule has 1 saturated heterocycles. The maximum atomic E-state index is 15.2. The number of aromatic nitrogens is 4. The SMILES string of the molecule is C[C@@H]1C[C@@H]2Oc3cc(C(F)(F)F)ncc3[C@@H]2N(C(=O)c2cc3c(cc2F)nc(N)c2cncn23)C1. The zero-order valence-corrected chi connectivity index (χ0v) is 18.3. The Morgan fingerprint density at radius 1 is 1.20 bits per heavy atom. The van der Waals surface area contributed by atoms with E-state index in [1.165, 1.54) is 23.5 Å². The number of anilines is 1. The van der Waals surface area contributed by atoms with Crippen LogP contribution in [0, 0.1) is 11.7 Å². The number of ether oxygens (including phenoxy) is 1. The number of carbonyl (C=O) groups is 1. The highest BCUT2D eigenvalue weighted by Crippen LogP contribution is 2.47. The van der Waals surface area contributed by atoms with Gasteiger partial charge in [-0.2, -0.15) is 13.2 Å². The highest BCUT2D eigenvalue weighted by atomic mass is 19.4. The lowest BCUT2D eigenvalue weighted by Gasteiger charge is -2.39. The highest BCUT2D eigenvalue weighted by Gasteiger charge is 2.47. The zero-order chi connectivity index (χ0) is 24.6. The van der Waals surface area contributed by atoms with Crippen LogP contribution in [0.15, 0.2) is 36.9 Å². The second-order valence-electron chi connectivity index (χ2n) is 8.97. The summed E-state index contributed by atoms with van der Waals surface area (Å²) in [5, 5.41) is 0. The summed E-state index contributed by atoms with van der Waals surface area (Å²) in [6.07, 6.45) is -0.557. The smallest absolute Gasteiger partial charge is 0.433 e. The van der Waals surface area contributed by atoms with Gasteiger partial charge in [-0.25, -0.2) is 14.4 Å². The number of nitrogens with two attached hydrogens (primary N) is 1. The van der Waals surface area contributed by atoms with Crippen LogP contribution in [-0.4, -0.2) is 42.8 Å². The van der Waals surface area contributed by atoms with E-state index in [9.17, 15) is 18.0 Å².